The normalized spacial score (nSPS) is 11.1. The quantitative estimate of drug-likeness (QED) is 0.547. The lowest BCUT2D eigenvalue weighted by molar-refractivity contribution is 0.00692. The van der Waals surface area contributed by atoms with Crippen molar-refractivity contribution >= 4 is 11.7 Å². The average Bonchev–Trinajstić information content (AvgIpc) is 2.01. The number of benzene rings is 1. The summed E-state index contributed by atoms with van der Waals surface area (Å²) in [7, 11) is 0. The second kappa shape index (κ2) is 3.70. The van der Waals surface area contributed by atoms with Crippen molar-refractivity contribution in [1.29, 1.82) is 0 Å². The molecule has 1 radical (unpaired) electrons. The Bertz CT molecular complexity index is 339. The number of nitrogens with two attached hydrogens (primary N) is 1. The Kier molecular flexibility index (Phi) is 2.79. The van der Waals surface area contributed by atoms with Crippen LogP contribution >= 0.6 is 0 Å². The molecule has 0 bridgehead atoms. The summed E-state index contributed by atoms with van der Waals surface area (Å²) >= 11 is 0. The average molecular weight is 192 g/mol. The molecule has 3 nitrogen and oxygen atoms in total. The largest absolute Gasteiger partial charge is 0.456 e. The Morgan fingerprint density at radius 2 is 2.14 bits per heavy atom. The molecular formula is C11H14NO2. The minimum atomic E-state index is -0.491. The number of anilines is 1. The van der Waals surface area contributed by atoms with Crippen molar-refractivity contribution in [2.24, 2.45) is 0 Å². The van der Waals surface area contributed by atoms with Gasteiger partial charge in [0.1, 0.15) is 5.60 Å². The van der Waals surface area contributed by atoms with E-state index in [1.165, 1.54) is 0 Å². The minimum Gasteiger partial charge on any atom is -0.456 e. The van der Waals surface area contributed by atoms with E-state index in [0.29, 0.717) is 11.3 Å². The predicted octanol–water partition coefficient (Wildman–Crippen LogP) is 2.02. The highest BCUT2D eigenvalue weighted by atomic mass is 16.6. The third-order valence-electron chi connectivity index (χ3n) is 1.44. The van der Waals surface area contributed by atoms with Gasteiger partial charge in [0.05, 0.1) is 5.56 Å². The van der Waals surface area contributed by atoms with Gasteiger partial charge in [-0.05, 0) is 39.0 Å². The fraction of sp³-hybridized carbons (Fsp3) is 0.364. The molecule has 1 rings (SSSR count). The van der Waals surface area contributed by atoms with Crippen molar-refractivity contribution in [3.05, 3.63) is 29.8 Å². The SMILES string of the molecule is CC(C)(C)OC(=O)c1[c]ccc(N)c1. The Morgan fingerprint density at radius 1 is 1.50 bits per heavy atom. The molecule has 0 saturated carbocycles. The van der Waals surface area contributed by atoms with Crippen LogP contribution in [0.5, 0.6) is 0 Å². The third kappa shape index (κ3) is 3.09. The maximum atomic E-state index is 11.5. The van der Waals surface area contributed by atoms with Crippen LogP contribution in [0.3, 0.4) is 0 Å². The Hall–Kier alpha value is -1.51. The number of hydrogen-bond acceptors (Lipinski definition) is 3. The fourth-order valence-corrected chi connectivity index (χ4v) is 0.935. The number of ether oxygens (including phenoxy) is 1. The molecule has 0 aliphatic carbocycles. The van der Waals surface area contributed by atoms with Gasteiger partial charge >= 0.3 is 5.97 Å². The minimum absolute atomic E-state index is 0.361. The van der Waals surface area contributed by atoms with Crippen molar-refractivity contribution in [2.45, 2.75) is 26.4 Å². The Balaban J connectivity index is 2.80. The van der Waals surface area contributed by atoms with Gasteiger partial charge in [-0.15, -0.1) is 0 Å². The van der Waals surface area contributed by atoms with Crippen LogP contribution < -0.4 is 5.73 Å². The van der Waals surface area contributed by atoms with Crippen LogP contribution in [-0.2, 0) is 4.74 Å². The summed E-state index contributed by atoms with van der Waals surface area (Å²) in [6.07, 6.45) is 0. The van der Waals surface area contributed by atoms with Crippen LogP contribution in [0, 0.1) is 6.07 Å². The van der Waals surface area contributed by atoms with Crippen molar-refractivity contribution in [2.75, 3.05) is 5.73 Å². The van der Waals surface area contributed by atoms with Crippen LogP contribution in [0.15, 0.2) is 18.2 Å². The fourth-order valence-electron chi connectivity index (χ4n) is 0.935. The standard InChI is InChI=1S/C11H14NO2/c1-11(2,3)14-10(13)8-5-4-6-9(12)7-8/h4,6-7H,12H2,1-3H3. The topological polar surface area (TPSA) is 52.3 Å². The van der Waals surface area contributed by atoms with Crippen LogP contribution in [0.2, 0.25) is 0 Å². The maximum absolute atomic E-state index is 11.5. The van der Waals surface area contributed by atoms with Crippen molar-refractivity contribution < 1.29 is 9.53 Å². The lowest BCUT2D eigenvalue weighted by Gasteiger charge is -2.19. The molecule has 2 N–H and O–H groups in total. The second-order valence-corrected chi connectivity index (χ2v) is 4.04. The molecule has 0 aromatic heterocycles. The first-order valence-corrected chi connectivity index (χ1v) is 4.39. The highest BCUT2D eigenvalue weighted by molar-refractivity contribution is 5.90. The van der Waals surface area contributed by atoms with E-state index in [9.17, 15) is 4.79 Å². The Morgan fingerprint density at radius 3 is 2.64 bits per heavy atom. The van der Waals surface area contributed by atoms with Crippen LogP contribution in [0.25, 0.3) is 0 Å². The number of carbonyl (C=O) groups excluding carboxylic acids is 1. The van der Waals surface area contributed by atoms with Gasteiger partial charge in [-0.25, -0.2) is 4.79 Å². The number of nitrogen functional groups attached to an aromatic ring is 1. The maximum Gasteiger partial charge on any atom is 0.339 e. The first kappa shape index (κ1) is 10.6. The molecule has 1 aromatic carbocycles. The van der Waals surface area contributed by atoms with Gasteiger partial charge in [0.25, 0.3) is 0 Å². The van der Waals surface area contributed by atoms with Gasteiger partial charge in [0.15, 0.2) is 0 Å². The van der Waals surface area contributed by atoms with Crippen LogP contribution in [0.1, 0.15) is 31.1 Å². The molecule has 0 saturated heterocycles. The molecule has 3 heteroatoms. The zero-order chi connectivity index (χ0) is 10.8. The van der Waals surface area contributed by atoms with Crippen molar-refractivity contribution in [1.82, 2.24) is 0 Å². The summed E-state index contributed by atoms with van der Waals surface area (Å²) in [5.41, 5.74) is 5.93. The number of rotatable bonds is 1. The van der Waals surface area contributed by atoms with E-state index in [2.05, 4.69) is 6.07 Å². The molecule has 0 spiro atoms. The number of carbonyl (C=O) groups is 1. The van der Waals surface area contributed by atoms with E-state index in [1.54, 1.807) is 18.2 Å². The van der Waals surface area contributed by atoms with Crippen LogP contribution in [0.4, 0.5) is 5.69 Å². The molecule has 0 atom stereocenters. The molecule has 0 heterocycles. The molecule has 1 aromatic rings. The first-order valence-electron chi connectivity index (χ1n) is 4.39. The third-order valence-corrected chi connectivity index (χ3v) is 1.44. The van der Waals surface area contributed by atoms with Crippen molar-refractivity contribution in [3.63, 3.8) is 0 Å². The lowest BCUT2D eigenvalue weighted by atomic mass is 10.1. The summed E-state index contributed by atoms with van der Waals surface area (Å²) in [6, 6.07) is 7.61. The molecule has 75 valence electrons. The van der Waals surface area contributed by atoms with Gasteiger partial charge < -0.3 is 10.5 Å². The van der Waals surface area contributed by atoms with Crippen LogP contribution in [-0.4, -0.2) is 11.6 Å². The highest BCUT2D eigenvalue weighted by Gasteiger charge is 2.17. The van der Waals surface area contributed by atoms with E-state index in [-0.39, 0.29) is 0 Å². The van der Waals surface area contributed by atoms with Gasteiger partial charge in [-0.3, -0.25) is 0 Å². The molecule has 0 fully saturated rings. The smallest absolute Gasteiger partial charge is 0.339 e. The van der Waals surface area contributed by atoms with Gasteiger partial charge in [-0.1, -0.05) is 6.07 Å². The first-order chi connectivity index (χ1) is 6.38. The van der Waals surface area contributed by atoms with E-state index in [4.69, 9.17) is 10.5 Å². The predicted molar refractivity (Wildman–Crippen MR) is 54.9 cm³/mol. The summed E-state index contributed by atoms with van der Waals surface area (Å²) in [5, 5.41) is 0. The summed E-state index contributed by atoms with van der Waals surface area (Å²) in [6.45, 7) is 5.45. The van der Waals surface area contributed by atoms with E-state index in [1.807, 2.05) is 20.8 Å². The Labute approximate surface area is 83.9 Å². The highest BCUT2D eigenvalue weighted by Crippen LogP contribution is 2.13. The van der Waals surface area contributed by atoms with E-state index < -0.39 is 11.6 Å². The monoisotopic (exact) mass is 192 g/mol. The van der Waals surface area contributed by atoms with Gasteiger partial charge in [0.2, 0.25) is 0 Å². The summed E-state index contributed by atoms with van der Waals surface area (Å²) < 4.78 is 5.15. The van der Waals surface area contributed by atoms with Gasteiger partial charge in [-0.2, -0.15) is 0 Å². The summed E-state index contributed by atoms with van der Waals surface area (Å²) in [5.74, 6) is -0.398. The zero-order valence-corrected chi connectivity index (χ0v) is 8.63. The number of hydrogen-bond donors (Lipinski definition) is 1. The second-order valence-electron chi connectivity index (χ2n) is 4.04. The van der Waals surface area contributed by atoms with Crippen molar-refractivity contribution in [3.8, 4) is 0 Å². The lowest BCUT2D eigenvalue weighted by Crippen LogP contribution is -2.23. The number of esters is 1. The molecule has 0 aliphatic rings. The van der Waals surface area contributed by atoms with E-state index >= 15 is 0 Å². The zero-order valence-electron chi connectivity index (χ0n) is 8.63. The molecule has 0 aliphatic heterocycles. The molecule has 14 heavy (non-hydrogen) atoms. The summed E-state index contributed by atoms with van der Waals surface area (Å²) in [4.78, 5) is 11.5. The molecule has 0 amide bonds. The van der Waals surface area contributed by atoms with Gasteiger partial charge in [0, 0.05) is 5.69 Å². The molecule has 0 unspecified atom stereocenters. The molecular weight excluding hydrogens is 178 g/mol. The van der Waals surface area contributed by atoms with E-state index in [0.717, 1.165) is 0 Å².